The highest BCUT2D eigenvalue weighted by Crippen LogP contribution is 2.30. The summed E-state index contributed by atoms with van der Waals surface area (Å²) in [4.78, 5) is 11.4. The molecule has 20 heavy (non-hydrogen) atoms. The zero-order valence-corrected chi connectivity index (χ0v) is 11.0. The van der Waals surface area contributed by atoms with E-state index >= 15 is 0 Å². The Bertz CT molecular complexity index is 552. The summed E-state index contributed by atoms with van der Waals surface area (Å²) >= 11 is 5.70. The van der Waals surface area contributed by atoms with Crippen molar-refractivity contribution in [1.29, 1.82) is 5.26 Å². The predicted octanol–water partition coefficient (Wildman–Crippen LogP) is 3.22. The highest BCUT2D eigenvalue weighted by Gasteiger charge is 2.31. The normalized spacial score (nSPS) is 10.8. The van der Waals surface area contributed by atoms with Crippen LogP contribution < -0.4 is 4.74 Å². The van der Waals surface area contributed by atoms with Crippen molar-refractivity contribution in [2.45, 2.75) is 19.7 Å². The van der Waals surface area contributed by atoms with Gasteiger partial charge in [-0.05, 0) is 18.6 Å². The van der Waals surface area contributed by atoms with Crippen LogP contribution >= 0.6 is 11.6 Å². The number of rotatable bonds is 4. The molecule has 0 unspecified atom stereocenters. The van der Waals surface area contributed by atoms with Gasteiger partial charge in [0.25, 0.3) is 0 Å². The fourth-order valence-corrected chi connectivity index (χ4v) is 1.73. The molecular formula is C12H9ClF3NO3. The molecule has 0 amide bonds. The first-order chi connectivity index (χ1) is 9.26. The van der Waals surface area contributed by atoms with Crippen LogP contribution in [0.3, 0.4) is 0 Å². The molecule has 1 aromatic rings. The maximum absolute atomic E-state index is 12.1. The largest absolute Gasteiger partial charge is 0.573 e. The van der Waals surface area contributed by atoms with Gasteiger partial charge in [0.05, 0.1) is 23.6 Å². The van der Waals surface area contributed by atoms with Crippen molar-refractivity contribution in [3.05, 3.63) is 28.3 Å². The van der Waals surface area contributed by atoms with E-state index in [-0.39, 0.29) is 29.2 Å². The van der Waals surface area contributed by atoms with Crippen molar-refractivity contribution in [3.63, 3.8) is 0 Å². The molecular weight excluding hydrogens is 299 g/mol. The van der Waals surface area contributed by atoms with Gasteiger partial charge in [-0.15, -0.1) is 13.2 Å². The first-order valence-electron chi connectivity index (χ1n) is 5.40. The first kappa shape index (κ1) is 16.1. The lowest BCUT2D eigenvalue weighted by molar-refractivity contribution is -0.274. The monoisotopic (exact) mass is 307 g/mol. The number of hydrogen-bond acceptors (Lipinski definition) is 4. The summed E-state index contributed by atoms with van der Waals surface area (Å²) in [5.41, 5.74) is -0.0769. The van der Waals surface area contributed by atoms with Crippen molar-refractivity contribution >= 4 is 17.6 Å². The fourth-order valence-electron chi connectivity index (χ4n) is 1.46. The SMILES string of the molecule is CCOC(=O)Cc1cc(OC(F)(F)F)cc(Cl)c1C#N. The van der Waals surface area contributed by atoms with E-state index in [1.54, 1.807) is 13.0 Å². The van der Waals surface area contributed by atoms with E-state index in [9.17, 15) is 18.0 Å². The molecule has 0 aliphatic heterocycles. The van der Waals surface area contributed by atoms with E-state index in [0.29, 0.717) is 0 Å². The molecule has 0 heterocycles. The number of nitriles is 1. The van der Waals surface area contributed by atoms with Crippen LogP contribution in [0.2, 0.25) is 5.02 Å². The summed E-state index contributed by atoms with van der Waals surface area (Å²) in [6.45, 7) is 1.70. The Kier molecular flexibility index (Phi) is 5.22. The third-order valence-electron chi connectivity index (χ3n) is 2.13. The van der Waals surface area contributed by atoms with Crippen molar-refractivity contribution in [3.8, 4) is 11.8 Å². The molecule has 0 atom stereocenters. The van der Waals surface area contributed by atoms with Gasteiger partial charge in [0.2, 0.25) is 0 Å². The highest BCUT2D eigenvalue weighted by molar-refractivity contribution is 6.32. The van der Waals surface area contributed by atoms with Crippen LogP contribution in [0.1, 0.15) is 18.1 Å². The van der Waals surface area contributed by atoms with Crippen LogP contribution in [0.15, 0.2) is 12.1 Å². The van der Waals surface area contributed by atoms with Crippen LogP contribution in [0.25, 0.3) is 0 Å². The van der Waals surface area contributed by atoms with E-state index in [0.717, 1.165) is 12.1 Å². The Morgan fingerprint density at radius 1 is 1.45 bits per heavy atom. The van der Waals surface area contributed by atoms with Crippen molar-refractivity contribution in [2.24, 2.45) is 0 Å². The Morgan fingerprint density at radius 2 is 2.10 bits per heavy atom. The first-order valence-corrected chi connectivity index (χ1v) is 5.78. The maximum atomic E-state index is 12.1. The summed E-state index contributed by atoms with van der Waals surface area (Å²) < 4.78 is 44.8. The smallest absolute Gasteiger partial charge is 0.466 e. The second kappa shape index (κ2) is 6.48. The minimum atomic E-state index is -4.89. The standard InChI is InChI=1S/C12H9ClF3NO3/c1-2-19-11(18)4-7-3-8(20-12(14,15)16)5-10(13)9(7)6-17/h3,5H,2,4H2,1H3. The lowest BCUT2D eigenvalue weighted by Crippen LogP contribution is -2.17. The Hall–Kier alpha value is -1.94. The van der Waals surface area contributed by atoms with E-state index in [4.69, 9.17) is 16.9 Å². The van der Waals surface area contributed by atoms with Gasteiger partial charge in [0, 0.05) is 6.07 Å². The number of ether oxygens (including phenoxy) is 2. The molecule has 0 aromatic heterocycles. The van der Waals surface area contributed by atoms with Crippen molar-refractivity contribution in [1.82, 2.24) is 0 Å². The number of carbonyl (C=O) groups is 1. The molecule has 108 valence electrons. The molecule has 0 spiro atoms. The third-order valence-corrected chi connectivity index (χ3v) is 2.43. The molecule has 0 N–H and O–H groups in total. The number of esters is 1. The molecule has 0 bridgehead atoms. The number of hydrogen-bond donors (Lipinski definition) is 0. The fraction of sp³-hybridized carbons (Fsp3) is 0.333. The number of benzene rings is 1. The molecule has 1 rings (SSSR count). The zero-order chi connectivity index (χ0) is 15.3. The van der Waals surface area contributed by atoms with Gasteiger partial charge in [-0.3, -0.25) is 4.79 Å². The van der Waals surface area contributed by atoms with Crippen molar-refractivity contribution < 1.29 is 27.4 Å². The lowest BCUT2D eigenvalue weighted by Gasteiger charge is -2.12. The molecule has 4 nitrogen and oxygen atoms in total. The molecule has 0 saturated heterocycles. The average molecular weight is 308 g/mol. The van der Waals surface area contributed by atoms with Crippen LogP contribution in [-0.2, 0) is 16.0 Å². The van der Waals surface area contributed by atoms with Crippen LogP contribution in [0.4, 0.5) is 13.2 Å². The van der Waals surface area contributed by atoms with Gasteiger partial charge in [-0.1, -0.05) is 11.6 Å². The minimum absolute atomic E-state index is 0.0118. The van der Waals surface area contributed by atoms with Gasteiger partial charge < -0.3 is 9.47 Å². The minimum Gasteiger partial charge on any atom is -0.466 e. The second-order valence-electron chi connectivity index (χ2n) is 3.58. The number of carbonyl (C=O) groups excluding carboxylic acids is 1. The van der Waals surface area contributed by atoms with Gasteiger partial charge in [0.1, 0.15) is 11.8 Å². The third kappa shape index (κ3) is 4.63. The molecule has 0 fully saturated rings. The van der Waals surface area contributed by atoms with E-state index in [1.165, 1.54) is 0 Å². The summed E-state index contributed by atoms with van der Waals surface area (Å²) in [7, 11) is 0. The van der Waals surface area contributed by atoms with Gasteiger partial charge in [-0.25, -0.2) is 0 Å². The topological polar surface area (TPSA) is 59.3 Å². The van der Waals surface area contributed by atoms with Gasteiger partial charge in [-0.2, -0.15) is 5.26 Å². The van der Waals surface area contributed by atoms with Crippen LogP contribution in [0.5, 0.6) is 5.75 Å². The molecule has 1 aromatic carbocycles. The summed E-state index contributed by atoms with van der Waals surface area (Å²) in [6.07, 6.45) is -5.26. The summed E-state index contributed by atoms with van der Waals surface area (Å²) in [6, 6.07) is 3.53. The Labute approximate surface area is 117 Å². The highest BCUT2D eigenvalue weighted by atomic mass is 35.5. The predicted molar refractivity (Wildman–Crippen MR) is 63.2 cm³/mol. The van der Waals surface area contributed by atoms with Gasteiger partial charge >= 0.3 is 12.3 Å². The number of nitrogens with zero attached hydrogens (tertiary/aromatic N) is 1. The number of halogens is 4. The van der Waals surface area contributed by atoms with E-state index in [2.05, 4.69) is 9.47 Å². The van der Waals surface area contributed by atoms with E-state index in [1.807, 2.05) is 0 Å². The molecule has 8 heteroatoms. The number of alkyl halides is 3. The Balaban J connectivity index is 3.13. The average Bonchev–Trinajstić information content (AvgIpc) is 2.26. The molecule has 0 aliphatic rings. The molecule has 0 aliphatic carbocycles. The second-order valence-corrected chi connectivity index (χ2v) is 3.99. The lowest BCUT2D eigenvalue weighted by atomic mass is 10.0. The van der Waals surface area contributed by atoms with Crippen molar-refractivity contribution in [2.75, 3.05) is 6.61 Å². The van der Waals surface area contributed by atoms with E-state index < -0.39 is 18.1 Å². The van der Waals surface area contributed by atoms with Crippen LogP contribution in [-0.4, -0.2) is 18.9 Å². The summed E-state index contributed by atoms with van der Waals surface area (Å²) in [5, 5.41) is 8.69. The quantitative estimate of drug-likeness (QED) is 0.801. The molecule has 0 radical (unpaired) electrons. The Morgan fingerprint density at radius 3 is 2.60 bits per heavy atom. The zero-order valence-electron chi connectivity index (χ0n) is 10.3. The van der Waals surface area contributed by atoms with Gasteiger partial charge in [0.15, 0.2) is 0 Å². The molecule has 0 saturated carbocycles. The van der Waals surface area contributed by atoms with Crippen LogP contribution in [0, 0.1) is 11.3 Å². The summed E-state index contributed by atoms with van der Waals surface area (Å²) in [5.74, 6) is -1.27. The maximum Gasteiger partial charge on any atom is 0.573 e.